The second kappa shape index (κ2) is 5.31. The summed E-state index contributed by atoms with van der Waals surface area (Å²) in [6.45, 7) is 2.50. The summed E-state index contributed by atoms with van der Waals surface area (Å²) >= 11 is 0. The largest absolute Gasteiger partial charge is 0.497 e. The average Bonchev–Trinajstić information content (AvgIpc) is 3.06. The van der Waals surface area contributed by atoms with Crippen molar-refractivity contribution in [3.05, 3.63) is 42.0 Å². The number of ether oxygens (including phenoxy) is 2. The first-order valence-corrected chi connectivity index (χ1v) is 7.17. The van der Waals surface area contributed by atoms with E-state index < -0.39 is 0 Å². The van der Waals surface area contributed by atoms with E-state index in [4.69, 9.17) is 9.47 Å². The zero-order valence-electron chi connectivity index (χ0n) is 11.9. The number of fused-ring (bicyclic) bond motifs is 2. The van der Waals surface area contributed by atoms with Crippen molar-refractivity contribution in [1.29, 1.82) is 0 Å². The maximum atomic E-state index is 12.3. The highest BCUT2D eigenvalue weighted by Gasteiger charge is 2.46. The van der Waals surface area contributed by atoms with Crippen LogP contribution in [0.1, 0.15) is 18.9 Å². The van der Waals surface area contributed by atoms with E-state index in [1.54, 1.807) is 7.11 Å². The number of esters is 1. The zero-order chi connectivity index (χ0) is 14.1. The van der Waals surface area contributed by atoms with Crippen LogP contribution in [-0.4, -0.2) is 13.1 Å². The average molecular weight is 272 g/mol. The van der Waals surface area contributed by atoms with Gasteiger partial charge in [0.2, 0.25) is 0 Å². The van der Waals surface area contributed by atoms with Gasteiger partial charge in [-0.1, -0.05) is 31.2 Å². The highest BCUT2D eigenvalue weighted by atomic mass is 16.5. The Labute approximate surface area is 119 Å². The van der Waals surface area contributed by atoms with Crippen molar-refractivity contribution in [2.75, 3.05) is 7.11 Å². The molecule has 106 valence electrons. The summed E-state index contributed by atoms with van der Waals surface area (Å²) in [7, 11) is 1.64. The molecule has 2 unspecified atom stereocenters. The van der Waals surface area contributed by atoms with Crippen molar-refractivity contribution in [3.63, 3.8) is 0 Å². The van der Waals surface area contributed by atoms with Crippen molar-refractivity contribution in [1.82, 2.24) is 0 Å². The number of hydrogen-bond donors (Lipinski definition) is 0. The van der Waals surface area contributed by atoms with Gasteiger partial charge in [-0.15, -0.1) is 0 Å². The molecule has 1 aromatic carbocycles. The summed E-state index contributed by atoms with van der Waals surface area (Å²) in [5, 5.41) is 0. The van der Waals surface area contributed by atoms with Crippen LogP contribution >= 0.6 is 0 Å². The number of carbonyl (C=O) groups excluding carboxylic acids is 1. The number of rotatable bonds is 4. The highest BCUT2D eigenvalue weighted by molar-refractivity contribution is 5.74. The third-order valence-electron chi connectivity index (χ3n) is 4.67. The van der Waals surface area contributed by atoms with Gasteiger partial charge < -0.3 is 9.47 Å². The number of methoxy groups -OCH3 is 1. The third kappa shape index (κ3) is 2.33. The summed E-state index contributed by atoms with van der Waals surface area (Å²) in [5.41, 5.74) is 0.991. The maximum Gasteiger partial charge on any atom is 0.310 e. The predicted octanol–water partition coefficient (Wildman–Crippen LogP) is 3.20. The topological polar surface area (TPSA) is 35.5 Å². The number of carbonyl (C=O) groups is 1. The van der Waals surface area contributed by atoms with Crippen LogP contribution < -0.4 is 4.74 Å². The minimum absolute atomic E-state index is 0.0447. The highest BCUT2D eigenvalue weighted by Crippen LogP contribution is 2.48. The lowest BCUT2D eigenvalue weighted by molar-refractivity contribution is -0.152. The van der Waals surface area contributed by atoms with E-state index in [0.29, 0.717) is 24.4 Å². The number of benzene rings is 1. The van der Waals surface area contributed by atoms with Gasteiger partial charge in [0.15, 0.2) is 0 Å². The van der Waals surface area contributed by atoms with E-state index in [9.17, 15) is 4.79 Å². The van der Waals surface area contributed by atoms with Gasteiger partial charge in [0.25, 0.3) is 0 Å². The van der Waals surface area contributed by atoms with Crippen LogP contribution in [0.3, 0.4) is 0 Å². The molecule has 20 heavy (non-hydrogen) atoms. The van der Waals surface area contributed by atoms with Crippen LogP contribution in [-0.2, 0) is 16.1 Å². The lowest BCUT2D eigenvalue weighted by atomic mass is 9.84. The Kier molecular flexibility index (Phi) is 3.51. The van der Waals surface area contributed by atoms with E-state index in [-0.39, 0.29) is 11.9 Å². The molecule has 2 bridgehead atoms. The Balaban J connectivity index is 1.58. The molecule has 0 aromatic heterocycles. The molecule has 1 fully saturated rings. The fraction of sp³-hybridized carbons (Fsp3) is 0.471. The monoisotopic (exact) mass is 272 g/mol. The Bertz CT molecular complexity index is 518. The summed E-state index contributed by atoms with van der Waals surface area (Å²) in [4.78, 5) is 12.3. The molecule has 0 N–H and O–H groups in total. The molecule has 3 heteroatoms. The van der Waals surface area contributed by atoms with Gasteiger partial charge in [-0.25, -0.2) is 0 Å². The molecule has 4 atom stereocenters. The first kappa shape index (κ1) is 13.2. The van der Waals surface area contributed by atoms with Gasteiger partial charge in [-0.3, -0.25) is 4.79 Å². The second-order valence-electron chi connectivity index (χ2n) is 5.79. The lowest BCUT2D eigenvalue weighted by Gasteiger charge is -2.22. The summed E-state index contributed by atoms with van der Waals surface area (Å²) in [5.74, 6) is 2.17. The van der Waals surface area contributed by atoms with Gasteiger partial charge in [0.05, 0.1) is 13.0 Å². The van der Waals surface area contributed by atoms with Gasteiger partial charge in [0, 0.05) is 0 Å². The molecule has 2 aliphatic carbocycles. The molecule has 3 nitrogen and oxygen atoms in total. The van der Waals surface area contributed by atoms with Crippen LogP contribution in [0.2, 0.25) is 0 Å². The van der Waals surface area contributed by atoms with Crippen LogP contribution in [0, 0.1) is 23.7 Å². The van der Waals surface area contributed by atoms with E-state index in [1.165, 1.54) is 0 Å². The quantitative estimate of drug-likeness (QED) is 0.623. The Morgan fingerprint density at radius 2 is 1.90 bits per heavy atom. The standard InChI is InChI=1S/C17H20O3/c1-11-13-5-6-14(9-13)16(11)17(18)20-10-12-3-7-15(19-2)8-4-12/h3-8,11,13-14,16H,9-10H2,1-2H3/t11-,13?,14?,16-/m1/s1. The summed E-state index contributed by atoms with van der Waals surface area (Å²) < 4.78 is 10.6. The molecule has 3 rings (SSSR count). The minimum Gasteiger partial charge on any atom is -0.497 e. The molecule has 0 amide bonds. The van der Waals surface area contributed by atoms with Gasteiger partial charge in [-0.05, 0) is 41.9 Å². The van der Waals surface area contributed by atoms with Crippen LogP contribution in [0.5, 0.6) is 5.75 Å². The van der Waals surface area contributed by atoms with Gasteiger partial charge in [0.1, 0.15) is 12.4 Å². The van der Waals surface area contributed by atoms with Crippen LogP contribution in [0.4, 0.5) is 0 Å². The maximum absolute atomic E-state index is 12.3. The normalized spacial score (nSPS) is 30.5. The fourth-order valence-corrected chi connectivity index (χ4v) is 3.43. The lowest BCUT2D eigenvalue weighted by Crippen LogP contribution is -2.27. The van der Waals surface area contributed by atoms with E-state index >= 15 is 0 Å². The molecule has 0 aliphatic heterocycles. The number of allylic oxidation sites excluding steroid dienone is 2. The first-order chi connectivity index (χ1) is 9.69. The van der Waals surface area contributed by atoms with Crippen molar-refractivity contribution in [2.45, 2.75) is 20.0 Å². The molecular weight excluding hydrogens is 252 g/mol. The SMILES string of the molecule is COc1ccc(COC(=O)[C@H]2C3C=CC(C3)[C@H]2C)cc1. The molecular formula is C17H20O3. The molecule has 0 radical (unpaired) electrons. The minimum atomic E-state index is -0.0508. The van der Waals surface area contributed by atoms with E-state index in [2.05, 4.69) is 19.1 Å². The molecule has 0 heterocycles. The predicted molar refractivity (Wildman–Crippen MR) is 76.2 cm³/mol. The van der Waals surface area contributed by atoms with Crippen molar-refractivity contribution < 1.29 is 14.3 Å². The summed E-state index contributed by atoms with van der Waals surface area (Å²) in [6.07, 6.45) is 5.55. The molecule has 2 aliphatic rings. The zero-order valence-corrected chi connectivity index (χ0v) is 11.9. The van der Waals surface area contributed by atoms with E-state index in [0.717, 1.165) is 17.7 Å². The molecule has 0 saturated heterocycles. The van der Waals surface area contributed by atoms with Crippen molar-refractivity contribution in [2.24, 2.45) is 23.7 Å². The molecule has 0 spiro atoms. The summed E-state index contributed by atoms with van der Waals surface area (Å²) in [6, 6.07) is 7.62. The van der Waals surface area contributed by atoms with E-state index in [1.807, 2.05) is 24.3 Å². The second-order valence-corrected chi connectivity index (χ2v) is 5.79. The van der Waals surface area contributed by atoms with Crippen molar-refractivity contribution >= 4 is 5.97 Å². The Hall–Kier alpha value is -1.77. The van der Waals surface area contributed by atoms with Crippen LogP contribution in [0.25, 0.3) is 0 Å². The Morgan fingerprint density at radius 1 is 1.20 bits per heavy atom. The van der Waals surface area contributed by atoms with Gasteiger partial charge in [-0.2, -0.15) is 0 Å². The Morgan fingerprint density at radius 3 is 2.50 bits per heavy atom. The third-order valence-corrected chi connectivity index (χ3v) is 4.67. The molecule has 1 saturated carbocycles. The number of hydrogen-bond acceptors (Lipinski definition) is 3. The smallest absolute Gasteiger partial charge is 0.310 e. The van der Waals surface area contributed by atoms with Crippen LogP contribution in [0.15, 0.2) is 36.4 Å². The molecule has 1 aromatic rings. The fourth-order valence-electron chi connectivity index (χ4n) is 3.43. The van der Waals surface area contributed by atoms with Gasteiger partial charge >= 0.3 is 5.97 Å². The van der Waals surface area contributed by atoms with Crippen molar-refractivity contribution in [3.8, 4) is 5.75 Å². The first-order valence-electron chi connectivity index (χ1n) is 7.17.